The summed E-state index contributed by atoms with van der Waals surface area (Å²) in [6.45, 7) is 8.45. The fraction of sp³-hybridized carbons (Fsp3) is 0.600. The van der Waals surface area contributed by atoms with Gasteiger partial charge in [0.15, 0.2) is 5.69 Å². The quantitative estimate of drug-likeness (QED) is 0.869. The summed E-state index contributed by atoms with van der Waals surface area (Å²) in [4.78, 5) is 22.9. The van der Waals surface area contributed by atoms with Crippen molar-refractivity contribution in [2.24, 2.45) is 0 Å². The summed E-state index contributed by atoms with van der Waals surface area (Å²) in [7, 11) is 1.69. The minimum Gasteiger partial charge on any atom is -0.382 e. The summed E-state index contributed by atoms with van der Waals surface area (Å²) >= 11 is 0. The van der Waals surface area contributed by atoms with Gasteiger partial charge in [0.1, 0.15) is 5.82 Å². The van der Waals surface area contributed by atoms with E-state index in [9.17, 15) is 4.79 Å². The number of anilines is 1. The minimum absolute atomic E-state index is 0.147. The molecule has 0 saturated heterocycles. The molecule has 0 radical (unpaired) electrons. The van der Waals surface area contributed by atoms with Crippen molar-refractivity contribution in [3.05, 3.63) is 17.7 Å². The number of rotatable bonds is 6. The number of nitrogens with one attached hydrogen (secondary N) is 1. The van der Waals surface area contributed by atoms with E-state index in [-0.39, 0.29) is 17.9 Å². The zero-order valence-electron chi connectivity index (χ0n) is 13.3. The molecule has 1 atom stereocenters. The van der Waals surface area contributed by atoms with Crippen molar-refractivity contribution in [2.45, 2.75) is 46.1 Å². The molecule has 0 aliphatic carbocycles. The van der Waals surface area contributed by atoms with E-state index in [4.69, 9.17) is 5.26 Å². The molecule has 1 heterocycles. The van der Waals surface area contributed by atoms with Crippen LogP contribution in [0.1, 0.15) is 56.3 Å². The number of carbonyl (C=O) groups excluding carboxylic acids is 1. The summed E-state index contributed by atoms with van der Waals surface area (Å²) in [6.07, 6.45) is 1.95. The Bertz CT molecular complexity index is 535. The Morgan fingerprint density at radius 1 is 1.48 bits per heavy atom. The predicted octanol–water partition coefficient (Wildman–Crippen LogP) is 2.41. The molecular weight excluding hydrogens is 266 g/mol. The Labute approximate surface area is 126 Å². The average molecular weight is 289 g/mol. The Balaban J connectivity index is 3.15. The van der Waals surface area contributed by atoms with E-state index in [0.29, 0.717) is 30.2 Å². The summed E-state index contributed by atoms with van der Waals surface area (Å²) in [5.74, 6) is 0.591. The molecule has 1 amide bonds. The van der Waals surface area contributed by atoms with E-state index < -0.39 is 0 Å². The molecule has 0 saturated carbocycles. The monoisotopic (exact) mass is 289 g/mol. The van der Waals surface area contributed by atoms with E-state index in [1.54, 1.807) is 18.1 Å². The molecule has 6 nitrogen and oxygen atoms in total. The van der Waals surface area contributed by atoms with Gasteiger partial charge in [0.05, 0.1) is 24.4 Å². The van der Waals surface area contributed by atoms with Gasteiger partial charge < -0.3 is 10.2 Å². The van der Waals surface area contributed by atoms with Crippen LogP contribution in [0.3, 0.4) is 0 Å². The lowest BCUT2D eigenvalue weighted by atomic mass is 10.1. The Kier molecular flexibility index (Phi) is 6.10. The third-order valence-electron chi connectivity index (χ3n) is 3.26. The van der Waals surface area contributed by atoms with Crippen molar-refractivity contribution in [3.8, 4) is 6.07 Å². The topological polar surface area (TPSA) is 81.9 Å². The molecule has 0 bridgehead atoms. The van der Waals surface area contributed by atoms with Crippen molar-refractivity contribution in [1.29, 1.82) is 5.26 Å². The van der Waals surface area contributed by atoms with Crippen LogP contribution in [0.5, 0.6) is 0 Å². The van der Waals surface area contributed by atoms with Crippen molar-refractivity contribution >= 4 is 11.6 Å². The lowest BCUT2D eigenvalue weighted by Crippen LogP contribution is -2.36. The number of amides is 1. The largest absolute Gasteiger partial charge is 0.382 e. The molecule has 0 aliphatic rings. The molecule has 0 spiro atoms. The Hall–Kier alpha value is -2.16. The summed E-state index contributed by atoms with van der Waals surface area (Å²) in [6, 6.07) is 1.92. The van der Waals surface area contributed by atoms with Crippen LogP contribution in [0.4, 0.5) is 5.69 Å². The van der Waals surface area contributed by atoms with Crippen LogP contribution in [0.25, 0.3) is 0 Å². The first-order valence-corrected chi connectivity index (χ1v) is 7.17. The lowest BCUT2D eigenvalue weighted by Gasteiger charge is -2.24. The number of hydrogen-bond donors (Lipinski definition) is 1. The molecule has 6 heteroatoms. The highest BCUT2D eigenvalue weighted by molar-refractivity contribution is 5.97. The summed E-state index contributed by atoms with van der Waals surface area (Å²) in [5, 5.41) is 11.9. The van der Waals surface area contributed by atoms with Crippen molar-refractivity contribution in [1.82, 2.24) is 14.9 Å². The highest BCUT2D eigenvalue weighted by Crippen LogP contribution is 2.18. The van der Waals surface area contributed by atoms with Crippen LogP contribution in [0.15, 0.2) is 6.20 Å². The van der Waals surface area contributed by atoms with Crippen LogP contribution >= 0.6 is 0 Å². The normalized spacial score (nSPS) is 11.9. The molecule has 1 unspecified atom stereocenters. The smallest absolute Gasteiger partial charge is 0.274 e. The van der Waals surface area contributed by atoms with Crippen LogP contribution in [-0.2, 0) is 0 Å². The highest BCUT2D eigenvalue weighted by atomic mass is 16.2. The number of carbonyl (C=O) groups is 1. The van der Waals surface area contributed by atoms with Crippen LogP contribution in [0, 0.1) is 11.3 Å². The summed E-state index contributed by atoms with van der Waals surface area (Å²) < 4.78 is 0. The fourth-order valence-electron chi connectivity index (χ4n) is 1.79. The van der Waals surface area contributed by atoms with Gasteiger partial charge in [-0.2, -0.15) is 5.26 Å². The first-order chi connectivity index (χ1) is 9.92. The number of nitrogens with zero attached hydrogens (tertiary/aromatic N) is 4. The number of hydrogen-bond acceptors (Lipinski definition) is 5. The number of nitriles is 1. The first kappa shape index (κ1) is 16.9. The Morgan fingerprint density at radius 3 is 2.67 bits per heavy atom. The standard InChI is InChI=1S/C15H23N5O/c1-6-17-12-9-18-14(10(2)3)19-13(12)15(21)20(5)11(4)7-8-16/h9-11,17H,6-7H2,1-5H3. The predicted molar refractivity (Wildman–Crippen MR) is 82.1 cm³/mol. The maximum absolute atomic E-state index is 12.6. The van der Waals surface area contributed by atoms with Gasteiger partial charge in [-0.05, 0) is 13.8 Å². The van der Waals surface area contributed by atoms with E-state index in [0.717, 1.165) is 0 Å². The van der Waals surface area contributed by atoms with Gasteiger partial charge in [-0.1, -0.05) is 13.8 Å². The molecule has 1 N–H and O–H groups in total. The SMILES string of the molecule is CCNc1cnc(C(C)C)nc1C(=O)N(C)C(C)CC#N. The van der Waals surface area contributed by atoms with Gasteiger partial charge in [-0.25, -0.2) is 9.97 Å². The number of aromatic nitrogens is 2. The van der Waals surface area contributed by atoms with Gasteiger partial charge in [0.2, 0.25) is 0 Å². The molecule has 21 heavy (non-hydrogen) atoms. The first-order valence-electron chi connectivity index (χ1n) is 7.17. The molecular formula is C15H23N5O. The van der Waals surface area contributed by atoms with Crippen LogP contribution in [0.2, 0.25) is 0 Å². The maximum atomic E-state index is 12.6. The molecule has 1 aromatic rings. The summed E-state index contributed by atoms with van der Waals surface area (Å²) in [5.41, 5.74) is 0.991. The second-order valence-electron chi connectivity index (χ2n) is 5.30. The Morgan fingerprint density at radius 2 is 2.14 bits per heavy atom. The van der Waals surface area contributed by atoms with Crippen LogP contribution < -0.4 is 5.32 Å². The van der Waals surface area contributed by atoms with Gasteiger partial charge in [-0.15, -0.1) is 0 Å². The third kappa shape index (κ3) is 4.15. The van der Waals surface area contributed by atoms with E-state index >= 15 is 0 Å². The molecule has 1 rings (SSSR count). The zero-order chi connectivity index (χ0) is 16.0. The lowest BCUT2D eigenvalue weighted by molar-refractivity contribution is 0.0741. The highest BCUT2D eigenvalue weighted by Gasteiger charge is 2.22. The fourth-order valence-corrected chi connectivity index (χ4v) is 1.79. The average Bonchev–Trinajstić information content (AvgIpc) is 2.46. The van der Waals surface area contributed by atoms with Gasteiger partial charge in [0, 0.05) is 25.6 Å². The van der Waals surface area contributed by atoms with E-state index in [1.165, 1.54) is 0 Å². The molecule has 1 aromatic heterocycles. The maximum Gasteiger partial charge on any atom is 0.274 e. The van der Waals surface area contributed by atoms with E-state index in [2.05, 4.69) is 21.4 Å². The molecule has 0 aromatic carbocycles. The molecule has 0 fully saturated rings. The van der Waals surface area contributed by atoms with Gasteiger partial charge in [0.25, 0.3) is 5.91 Å². The minimum atomic E-state index is -0.196. The van der Waals surface area contributed by atoms with E-state index in [1.807, 2.05) is 27.7 Å². The second kappa shape index (κ2) is 7.58. The van der Waals surface area contributed by atoms with Crippen LogP contribution in [-0.4, -0.2) is 40.4 Å². The van der Waals surface area contributed by atoms with Gasteiger partial charge >= 0.3 is 0 Å². The second-order valence-corrected chi connectivity index (χ2v) is 5.30. The molecule has 114 valence electrons. The molecule has 0 aliphatic heterocycles. The van der Waals surface area contributed by atoms with Gasteiger partial charge in [-0.3, -0.25) is 4.79 Å². The zero-order valence-corrected chi connectivity index (χ0v) is 13.3. The third-order valence-corrected chi connectivity index (χ3v) is 3.26. The van der Waals surface area contributed by atoms with Crippen molar-refractivity contribution < 1.29 is 4.79 Å². The van der Waals surface area contributed by atoms with Crippen molar-refractivity contribution in [3.63, 3.8) is 0 Å². The van der Waals surface area contributed by atoms with Crippen molar-refractivity contribution in [2.75, 3.05) is 18.9 Å².